The lowest BCUT2D eigenvalue weighted by atomic mass is 9.53. The van der Waals surface area contributed by atoms with Crippen molar-refractivity contribution in [3.05, 3.63) is 57.2 Å². The molecule has 10 heteroatoms. The normalized spacial score (nSPS) is 24.4. The van der Waals surface area contributed by atoms with Gasteiger partial charge in [0.15, 0.2) is 4.88 Å². The molecule has 3 saturated carbocycles. The number of aromatic nitrogens is 3. The third-order valence-corrected chi connectivity index (χ3v) is 8.77. The number of nitrogens with two attached hydrogens (primary N) is 1. The summed E-state index contributed by atoms with van der Waals surface area (Å²) in [5.41, 5.74) is 8.40. The molecule has 0 aliphatic heterocycles. The van der Waals surface area contributed by atoms with Crippen molar-refractivity contribution in [1.29, 1.82) is 5.26 Å². The summed E-state index contributed by atoms with van der Waals surface area (Å²) in [7, 11) is 0. The third kappa shape index (κ3) is 4.03. The Hall–Kier alpha value is -3.71. The number of nitrogens with one attached hydrogen (secondary N) is 1. The molecule has 3 aliphatic rings. The highest BCUT2D eigenvalue weighted by atomic mass is 32.1. The van der Waals surface area contributed by atoms with Gasteiger partial charge in [-0.05, 0) is 75.1 Å². The Morgan fingerprint density at radius 3 is 2.58 bits per heavy atom. The molecule has 0 radical (unpaired) electrons. The van der Waals surface area contributed by atoms with Gasteiger partial charge in [0.25, 0.3) is 11.8 Å². The van der Waals surface area contributed by atoms with Crippen LogP contribution in [0.5, 0.6) is 5.88 Å². The zero-order valence-corrected chi connectivity index (χ0v) is 20.7. The van der Waals surface area contributed by atoms with Gasteiger partial charge in [-0.25, -0.2) is 9.67 Å². The molecular formula is C26H26N6O3S. The van der Waals surface area contributed by atoms with Gasteiger partial charge in [0.2, 0.25) is 5.88 Å². The fourth-order valence-corrected chi connectivity index (χ4v) is 6.49. The van der Waals surface area contributed by atoms with Crippen LogP contribution in [0, 0.1) is 23.7 Å². The first-order valence-corrected chi connectivity index (χ1v) is 13.0. The van der Waals surface area contributed by atoms with Crippen molar-refractivity contribution in [3.63, 3.8) is 0 Å². The molecule has 2 aromatic heterocycles. The summed E-state index contributed by atoms with van der Waals surface area (Å²) in [5.74, 6) is 0.246. The number of thiazole rings is 1. The van der Waals surface area contributed by atoms with E-state index in [2.05, 4.69) is 21.5 Å². The molecule has 0 unspecified atom stereocenters. The van der Waals surface area contributed by atoms with Crippen molar-refractivity contribution >= 4 is 23.2 Å². The molecule has 6 rings (SSSR count). The van der Waals surface area contributed by atoms with Crippen LogP contribution >= 0.6 is 11.3 Å². The first-order valence-electron chi connectivity index (χ1n) is 12.2. The van der Waals surface area contributed by atoms with E-state index >= 15 is 0 Å². The second-order valence-electron chi connectivity index (χ2n) is 10.3. The first kappa shape index (κ1) is 22.7. The average molecular weight is 503 g/mol. The average Bonchev–Trinajstić information content (AvgIpc) is 3.47. The van der Waals surface area contributed by atoms with Crippen molar-refractivity contribution in [2.24, 2.45) is 11.1 Å². The molecule has 3 fully saturated rings. The number of carbonyl (C=O) groups excluding carboxylic acids is 2. The monoisotopic (exact) mass is 502 g/mol. The highest BCUT2D eigenvalue weighted by Gasteiger charge is 2.54. The standard InChI is InChI=1S/C26H26N6O3S/c1-14-20(13-29-32(14)18-6-2-15(12-27)3-7-18)23(34)30-17-8-26(9-17)10-19(11-26)35-24-21(22(28)33)36-25(31-24)16-4-5-16/h2-3,6-7,13,16-17,19H,4-5,8-11H2,1H3,(H2,28,33)(H,30,34)/t17-,19-,26?. The summed E-state index contributed by atoms with van der Waals surface area (Å²) >= 11 is 1.36. The zero-order valence-electron chi connectivity index (χ0n) is 19.9. The maximum Gasteiger partial charge on any atom is 0.264 e. The van der Waals surface area contributed by atoms with Crippen LogP contribution in [0.4, 0.5) is 0 Å². The predicted octanol–water partition coefficient (Wildman–Crippen LogP) is 3.61. The Balaban J connectivity index is 1.02. The molecule has 3 aliphatic carbocycles. The fourth-order valence-electron chi connectivity index (χ4n) is 5.46. The van der Waals surface area contributed by atoms with E-state index in [0.717, 1.165) is 54.9 Å². The third-order valence-electron chi connectivity index (χ3n) is 7.55. The number of amides is 2. The van der Waals surface area contributed by atoms with Crippen LogP contribution in [0.1, 0.15) is 80.7 Å². The van der Waals surface area contributed by atoms with Crippen molar-refractivity contribution in [2.75, 3.05) is 0 Å². The van der Waals surface area contributed by atoms with Crippen LogP contribution in [0.15, 0.2) is 30.5 Å². The van der Waals surface area contributed by atoms with Gasteiger partial charge in [-0.2, -0.15) is 10.4 Å². The van der Waals surface area contributed by atoms with E-state index in [9.17, 15) is 9.59 Å². The van der Waals surface area contributed by atoms with Crippen LogP contribution in [-0.4, -0.2) is 38.7 Å². The molecule has 0 atom stereocenters. The number of benzene rings is 1. The first-order chi connectivity index (χ1) is 17.3. The topological polar surface area (TPSA) is 136 Å². The van der Waals surface area contributed by atoms with Crippen molar-refractivity contribution < 1.29 is 14.3 Å². The quantitative estimate of drug-likeness (QED) is 0.507. The highest BCUT2D eigenvalue weighted by molar-refractivity contribution is 7.14. The number of carbonyl (C=O) groups is 2. The Labute approximate surface area is 212 Å². The van der Waals surface area contributed by atoms with E-state index in [1.165, 1.54) is 11.3 Å². The van der Waals surface area contributed by atoms with Crippen molar-refractivity contribution in [3.8, 4) is 17.6 Å². The van der Waals surface area contributed by atoms with Gasteiger partial charge in [-0.1, -0.05) is 0 Å². The molecule has 3 aromatic rings. The number of nitriles is 1. The molecule has 1 spiro atoms. The van der Waals surface area contributed by atoms with Crippen LogP contribution in [0.3, 0.4) is 0 Å². The minimum Gasteiger partial charge on any atom is -0.473 e. The smallest absolute Gasteiger partial charge is 0.264 e. The van der Waals surface area contributed by atoms with Gasteiger partial charge in [0, 0.05) is 12.0 Å². The highest BCUT2D eigenvalue weighted by Crippen LogP contribution is 2.57. The molecule has 3 N–H and O–H groups in total. The molecule has 9 nitrogen and oxygen atoms in total. The molecule has 184 valence electrons. The largest absolute Gasteiger partial charge is 0.473 e. The van der Waals surface area contributed by atoms with Gasteiger partial charge >= 0.3 is 0 Å². The number of primary amides is 1. The van der Waals surface area contributed by atoms with Gasteiger partial charge in [0.05, 0.1) is 34.8 Å². The number of nitrogens with zero attached hydrogens (tertiary/aromatic N) is 4. The van der Waals surface area contributed by atoms with Crippen LogP contribution in [-0.2, 0) is 0 Å². The lowest BCUT2D eigenvalue weighted by Gasteiger charge is -2.57. The Morgan fingerprint density at radius 1 is 1.22 bits per heavy atom. The minimum absolute atomic E-state index is 0.0294. The van der Waals surface area contributed by atoms with Gasteiger partial charge in [0.1, 0.15) is 11.1 Å². The molecule has 0 bridgehead atoms. The molecule has 2 amide bonds. The summed E-state index contributed by atoms with van der Waals surface area (Å²) in [5, 5.41) is 17.5. The lowest BCUT2D eigenvalue weighted by molar-refractivity contribution is -0.0846. The van der Waals surface area contributed by atoms with E-state index in [0.29, 0.717) is 27.8 Å². The molecular weight excluding hydrogens is 476 g/mol. The molecule has 1 aromatic carbocycles. The molecule has 36 heavy (non-hydrogen) atoms. The lowest BCUT2D eigenvalue weighted by Crippen LogP contribution is -2.58. The summed E-state index contributed by atoms with van der Waals surface area (Å²) < 4.78 is 7.78. The van der Waals surface area contributed by atoms with E-state index in [1.807, 2.05) is 19.1 Å². The Morgan fingerprint density at radius 2 is 1.94 bits per heavy atom. The van der Waals surface area contributed by atoms with Crippen LogP contribution < -0.4 is 15.8 Å². The van der Waals surface area contributed by atoms with E-state index in [-0.39, 0.29) is 23.5 Å². The van der Waals surface area contributed by atoms with Crippen LogP contribution in [0.2, 0.25) is 0 Å². The molecule has 2 heterocycles. The SMILES string of the molecule is Cc1c(C(=O)N[C@H]2CC3(C2)C[C@H](Oc2nc(C4CC4)sc2C(N)=O)C3)cnn1-c1ccc(C#N)cc1. The fraction of sp³-hybridized carbons (Fsp3) is 0.423. The van der Waals surface area contributed by atoms with Gasteiger partial charge in [-0.3, -0.25) is 9.59 Å². The zero-order chi connectivity index (χ0) is 25.0. The predicted molar refractivity (Wildman–Crippen MR) is 132 cm³/mol. The Bertz CT molecular complexity index is 1380. The van der Waals surface area contributed by atoms with Crippen molar-refractivity contribution in [1.82, 2.24) is 20.1 Å². The molecule has 0 saturated heterocycles. The van der Waals surface area contributed by atoms with Crippen molar-refractivity contribution in [2.45, 2.75) is 63.5 Å². The number of rotatable bonds is 7. The Kier molecular flexibility index (Phi) is 5.34. The second kappa shape index (κ2) is 8.45. The second-order valence-corrected chi connectivity index (χ2v) is 11.3. The summed E-state index contributed by atoms with van der Waals surface area (Å²) in [6.45, 7) is 1.86. The van der Waals surface area contributed by atoms with E-state index < -0.39 is 5.91 Å². The number of hydrogen-bond donors (Lipinski definition) is 2. The number of hydrogen-bond acceptors (Lipinski definition) is 7. The minimum atomic E-state index is -0.479. The maximum atomic E-state index is 12.9. The van der Waals surface area contributed by atoms with Crippen LogP contribution in [0.25, 0.3) is 5.69 Å². The van der Waals surface area contributed by atoms with E-state index in [4.69, 9.17) is 15.7 Å². The number of ether oxygens (including phenoxy) is 1. The summed E-state index contributed by atoms with van der Waals surface area (Å²) in [6, 6.07) is 9.32. The maximum absolute atomic E-state index is 12.9. The van der Waals surface area contributed by atoms with Gasteiger partial charge in [-0.15, -0.1) is 11.3 Å². The van der Waals surface area contributed by atoms with Gasteiger partial charge < -0.3 is 15.8 Å². The van der Waals surface area contributed by atoms with E-state index in [1.54, 1.807) is 23.0 Å². The summed E-state index contributed by atoms with van der Waals surface area (Å²) in [6.07, 6.45) is 7.45. The summed E-state index contributed by atoms with van der Waals surface area (Å²) in [4.78, 5) is 29.7.